The summed E-state index contributed by atoms with van der Waals surface area (Å²) in [5.74, 6) is 0. The Morgan fingerprint density at radius 2 is 2.27 bits per heavy atom. The van der Waals surface area contributed by atoms with E-state index in [9.17, 15) is 4.79 Å². The van der Waals surface area contributed by atoms with Gasteiger partial charge in [-0.25, -0.2) is 4.79 Å². The van der Waals surface area contributed by atoms with Gasteiger partial charge < -0.3 is 9.47 Å². The Morgan fingerprint density at radius 1 is 1.55 bits per heavy atom. The largest absolute Gasteiger partial charge is 0.465 e. The molecule has 0 aliphatic rings. The Labute approximate surface area is 61.9 Å². The van der Waals surface area contributed by atoms with Gasteiger partial charge >= 0.3 is 12.1 Å². The van der Waals surface area contributed by atoms with Crippen molar-refractivity contribution in [3.8, 4) is 6.01 Å². The van der Waals surface area contributed by atoms with Crippen LogP contribution in [-0.4, -0.2) is 40.5 Å². The first-order valence-electron chi connectivity index (χ1n) is 2.70. The normalized spacial score (nSPS) is 9.27. The minimum absolute atomic E-state index is 0.00292. The maximum absolute atomic E-state index is 10.8. The smallest absolute Gasteiger partial charge is 0.440 e. The van der Waals surface area contributed by atoms with Crippen molar-refractivity contribution in [2.75, 3.05) is 14.2 Å². The van der Waals surface area contributed by atoms with Crippen LogP contribution in [0.15, 0.2) is 0 Å². The molecular weight excluding hydrogens is 152 g/mol. The third kappa shape index (κ3) is 1.26. The summed E-state index contributed by atoms with van der Waals surface area (Å²) in [5.41, 5.74) is 0. The van der Waals surface area contributed by atoms with Crippen molar-refractivity contribution in [3.63, 3.8) is 0 Å². The molecule has 11 heavy (non-hydrogen) atoms. The Morgan fingerprint density at radius 3 is 2.82 bits per heavy atom. The van der Waals surface area contributed by atoms with Crippen molar-refractivity contribution in [2.45, 2.75) is 0 Å². The van der Waals surface area contributed by atoms with Crippen molar-refractivity contribution in [3.05, 3.63) is 0 Å². The van der Waals surface area contributed by atoms with E-state index in [1.54, 1.807) is 0 Å². The number of aromatic nitrogens is 4. The van der Waals surface area contributed by atoms with Crippen molar-refractivity contribution < 1.29 is 14.3 Å². The van der Waals surface area contributed by atoms with Gasteiger partial charge in [-0.2, -0.15) is 0 Å². The molecule has 0 fully saturated rings. The molecule has 1 aromatic rings. The lowest BCUT2D eigenvalue weighted by atomic mass is 11.0. The molecule has 1 heterocycles. The maximum atomic E-state index is 10.8. The van der Waals surface area contributed by atoms with Crippen molar-refractivity contribution in [1.82, 2.24) is 20.2 Å². The zero-order chi connectivity index (χ0) is 8.27. The van der Waals surface area contributed by atoms with Crippen LogP contribution in [0.1, 0.15) is 0 Å². The number of rotatable bonds is 1. The Hall–Kier alpha value is -1.66. The number of hydrogen-bond donors (Lipinski definition) is 0. The van der Waals surface area contributed by atoms with Crippen LogP contribution in [0.3, 0.4) is 0 Å². The molecular formula is C4H6N4O3. The summed E-state index contributed by atoms with van der Waals surface area (Å²) >= 11 is 0. The summed E-state index contributed by atoms with van der Waals surface area (Å²) in [7, 11) is 2.58. The zero-order valence-corrected chi connectivity index (χ0v) is 6.01. The van der Waals surface area contributed by atoms with E-state index in [4.69, 9.17) is 0 Å². The third-order valence-electron chi connectivity index (χ3n) is 0.971. The van der Waals surface area contributed by atoms with E-state index in [-0.39, 0.29) is 6.01 Å². The highest BCUT2D eigenvalue weighted by molar-refractivity contribution is 5.69. The van der Waals surface area contributed by atoms with Gasteiger partial charge in [-0.3, -0.25) is 0 Å². The molecule has 0 bridgehead atoms. The molecule has 0 unspecified atom stereocenters. The minimum Gasteiger partial charge on any atom is -0.465 e. The van der Waals surface area contributed by atoms with E-state index < -0.39 is 6.09 Å². The number of carbonyl (C=O) groups is 1. The van der Waals surface area contributed by atoms with Gasteiger partial charge in [0.05, 0.1) is 14.2 Å². The van der Waals surface area contributed by atoms with Crippen LogP contribution in [0.4, 0.5) is 4.79 Å². The average Bonchev–Trinajstić information content (AvgIpc) is 2.50. The van der Waals surface area contributed by atoms with Crippen LogP contribution in [0.5, 0.6) is 6.01 Å². The molecule has 1 aromatic heterocycles. The average molecular weight is 158 g/mol. The molecule has 0 atom stereocenters. The molecule has 0 saturated carbocycles. The number of methoxy groups -OCH3 is 2. The Kier molecular flexibility index (Phi) is 2.00. The quantitative estimate of drug-likeness (QED) is 0.502. The molecule has 0 aliphatic carbocycles. The van der Waals surface area contributed by atoms with Crippen molar-refractivity contribution in [2.24, 2.45) is 0 Å². The fourth-order valence-corrected chi connectivity index (χ4v) is 0.507. The van der Waals surface area contributed by atoms with Gasteiger partial charge in [0, 0.05) is 0 Å². The van der Waals surface area contributed by atoms with Crippen LogP contribution in [-0.2, 0) is 4.74 Å². The highest BCUT2D eigenvalue weighted by Gasteiger charge is 2.13. The lowest BCUT2D eigenvalue weighted by Gasteiger charge is -1.97. The molecule has 0 aliphatic heterocycles. The van der Waals surface area contributed by atoms with Gasteiger partial charge in [0.15, 0.2) is 0 Å². The summed E-state index contributed by atoms with van der Waals surface area (Å²) in [6, 6.07) is -0.00292. The van der Waals surface area contributed by atoms with E-state index in [1.165, 1.54) is 14.2 Å². The van der Waals surface area contributed by atoms with Gasteiger partial charge in [0.25, 0.3) is 0 Å². The van der Waals surface area contributed by atoms with E-state index in [0.29, 0.717) is 0 Å². The minimum atomic E-state index is -0.688. The summed E-state index contributed by atoms with van der Waals surface area (Å²) in [4.78, 5) is 10.8. The first-order valence-corrected chi connectivity index (χ1v) is 2.70. The second-order valence-electron chi connectivity index (χ2n) is 1.55. The summed E-state index contributed by atoms with van der Waals surface area (Å²) in [6.45, 7) is 0. The number of hydrogen-bond acceptors (Lipinski definition) is 6. The van der Waals surface area contributed by atoms with Crippen LogP contribution >= 0.6 is 0 Å². The molecule has 1 rings (SSSR count). The third-order valence-corrected chi connectivity index (χ3v) is 0.971. The number of ether oxygens (including phenoxy) is 2. The Balaban J connectivity index is 2.92. The van der Waals surface area contributed by atoms with E-state index in [2.05, 4.69) is 25.0 Å². The fourth-order valence-electron chi connectivity index (χ4n) is 0.507. The van der Waals surface area contributed by atoms with Gasteiger partial charge in [-0.1, -0.05) is 9.78 Å². The standard InChI is InChI=1S/C4H6N4O3/c1-10-3-5-6-7-8(3)4(9)11-2/h1-2H3. The second kappa shape index (κ2) is 2.95. The molecule has 0 saturated heterocycles. The highest BCUT2D eigenvalue weighted by atomic mass is 16.6. The SMILES string of the molecule is COC(=O)n1nnnc1OC. The zero-order valence-electron chi connectivity index (χ0n) is 6.01. The summed E-state index contributed by atoms with van der Waals surface area (Å²) in [5, 5.41) is 9.90. The van der Waals surface area contributed by atoms with E-state index in [1.807, 2.05) is 0 Å². The summed E-state index contributed by atoms with van der Waals surface area (Å²) < 4.78 is 9.78. The van der Waals surface area contributed by atoms with E-state index in [0.717, 1.165) is 4.68 Å². The lowest BCUT2D eigenvalue weighted by Crippen LogP contribution is -2.14. The molecule has 0 N–H and O–H groups in total. The van der Waals surface area contributed by atoms with Crippen LogP contribution in [0, 0.1) is 0 Å². The number of tetrazole rings is 1. The number of carbonyl (C=O) groups excluding carboxylic acids is 1. The molecule has 0 aromatic carbocycles. The first kappa shape index (κ1) is 7.45. The van der Waals surface area contributed by atoms with Crippen molar-refractivity contribution >= 4 is 6.09 Å². The van der Waals surface area contributed by atoms with Gasteiger partial charge in [-0.05, 0) is 10.4 Å². The van der Waals surface area contributed by atoms with Crippen LogP contribution in [0.2, 0.25) is 0 Å². The Bertz CT molecular complexity index is 258. The summed E-state index contributed by atoms with van der Waals surface area (Å²) in [6.07, 6.45) is -0.688. The fraction of sp³-hybridized carbons (Fsp3) is 0.500. The monoisotopic (exact) mass is 158 g/mol. The highest BCUT2D eigenvalue weighted by Crippen LogP contribution is 2.00. The molecule has 0 spiro atoms. The molecule has 60 valence electrons. The predicted molar refractivity (Wildman–Crippen MR) is 32.2 cm³/mol. The first-order chi connectivity index (χ1) is 5.29. The van der Waals surface area contributed by atoms with Crippen molar-refractivity contribution in [1.29, 1.82) is 0 Å². The second-order valence-corrected chi connectivity index (χ2v) is 1.55. The molecule has 0 amide bonds. The van der Waals surface area contributed by atoms with Gasteiger partial charge in [0.1, 0.15) is 0 Å². The van der Waals surface area contributed by atoms with Gasteiger partial charge in [0.2, 0.25) is 0 Å². The van der Waals surface area contributed by atoms with Gasteiger partial charge in [-0.15, -0.1) is 0 Å². The molecule has 7 heteroatoms. The maximum Gasteiger partial charge on any atom is 0.440 e. The van der Waals surface area contributed by atoms with Crippen LogP contribution in [0.25, 0.3) is 0 Å². The molecule has 7 nitrogen and oxygen atoms in total. The topological polar surface area (TPSA) is 79.1 Å². The predicted octanol–water partition coefficient (Wildman–Crippen LogP) is -0.704. The number of nitrogens with zero attached hydrogens (tertiary/aromatic N) is 4. The van der Waals surface area contributed by atoms with E-state index >= 15 is 0 Å². The van der Waals surface area contributed by atoms with Crippen LogP contribution < -0.4 is 4.74 Å². The molecule has 0 radical (unpaired) electrons. The lowest BCUT2D eigenvalue weighted by molar-refractivity contribution is 0.164.